The minimum absolute atomic E-state index is 0.173. The number of halogens is 1. The van der Waals surface area contributed by atoms with E-state index in [0.29, 0.717) is 35.5 Å². The van der Waals surface area contributed by atoms with Gasteiger partial charge in [0, 0.05) is 0 Å². The molecule has 3 aliphatic rings. The highest BCUT2D eigenvalue weighted by molar-refractivity contribution is 6.33. The minimum Gasteiger partial charge on any atom is -0.466 e. The van der Waals surface area contributed by atoms with Gasteiger partial charge in [-0.3, -0.25) is 14.4 Å². The predicted octanol–water partition coefficient (Wildman–Crippen LogP) is 3.73. The van der Waals surface area contributed by atoms with E-state index in [4.69, 9.17) is 21.1 Å². The van der Waals surface area contributed by atoms with Gasteiger partial charge in [0.2, 0.25) is 11.8 Å². The van der Waals surface area contributed by atoms with Crippen molar-refractivity contribution in [2.75, 3.05) is 18.5 Å². The van der Waals surface area contributed by atoms with Crippen LogP contribution in [0.2, 0.25) is 5.02 Å². The largest absolute Gasteiger partial charge is 0.466 e. The third-order valence-electron chi connectivity index (χ3n) is 8.23. The number of likely N-dealkylation sites (tertiary alicyclic amines) is 1. The van der Waals surface area contributed by atoms with Crippen LogP contribution in [0.25, 0.3) is 0 Å². The number of rotatable bonds is 8. The first-order valence-corrected chi connectivity index (χ1v) is 13.1. The average molecular weight is 527 g/mol. The molecule has 5 rings (SSSR count). The van der Waals surface area contributed by atoms with Crippen molar-refractivity contribution < 1.29 is 29.0 Å². The molecule has 2 amide bonds. The van der Waals surface area contributed by atoms with Gasteiger partial charge >= 0.3 is 5.97 Å². The van der Waals surface area contributed by atoms with Crippen LogP contribution in [-0.4, -0.2) is 58.2 Å². The number of hydrogen-bond donors (Lipinski definition) is 2. The minimum atomic E-state index is -1.24. The maximum atomic E-state index is 14.3. The van der Waals surface area contributed by atoms with E-state index in [0.717, 1.165) is 0 Å². The molecule has 2 N–H and O–H groups in total. The van der Waals surface area contributed by atoms with Crippen LogP contribution in [0.15, 0.2) is 54.6 Å². The van der Waals surface area contributed by atoms with Crippen molar-refractivity contribution in [3.63, 3.8) is 0 Å². The smallest absolute Gasteiger partial charge is 0.312 e. The van der Waals surface area contributed by atoms with E-state index in [2.05, 4.69) is 5.32 Å². The second-order valence-electron chi connectivity index (χ2n) is 9.91. The Bertz CT molecular complexity index is 1210. The second-order valence-corrected chi connectivity index (χ2v) is 10.3. The van der Waals surface area contributed by atoms with E-state index in [1.807, 2.05) is 25.1 Å². The van der Waals surface area contributed by atoms with Gasteiger partial charge in [-0.05, 0) is 43.9 Å². The Hall–Kier alpha value is -2.94. The molecule has 2 bridgehead atoms. The maximum absolute atomic E-state index is 14.3. The molecule has 1 spiro atoms. The number of esters is 1. The fourth-order valence-corrected chi connectivity index (χ4v) is 6.86. The van der Waals surface area contributed by atoms with Gasteiger partial charge in [0.05, 0.1) is 41.5 Å². The topological polar surface area (TPSA) is 105 Å². The summed E-state index contributed by atoms with van der Waals surface area (Å²) in [7, 11) is 0. The molecule has 2 aromatic rings. The molecular formula is C28H31ClN2O6. The van der Waals surface area contributed by atoms with Crippen LogP contribution >= 0.6 is 11.6 Å². The highest BCUT2D eigenvalue weighted by Gasteiger charge is 2.79. The Morgan fingerprint density at radius 3 is 2.51 bits per heavy atom. The van der Waals surface area contributed by atoms with Gasteiger partial charge in [0.25, 0.3) is 0 Å². The van der Waals surface area contributed by atoms with Crippen LogP contribution in [0.4, 0.5) is 5.69 Å². The summed E-state index contributed by atoms with van der Waals surface area (Å²) in [5, 5.41) is 13.7. The fraction of sp³-hybridized carbons (Fsp3) is 0.464. The van der Waals surface area contributed by atoms with Crippen LogP contribution in [0.5, 0.6) is 0 Å². The van der Waals surface area contributed by atoms with Crippen LogP contribution in [-0.2, 0) is 23.9 Å². The van der Waals surface area contributed by atoms with E-state index in [9.17, 15) is 19.5 Å². The zero-order chi connectivity index (χ0) is 26.4. The first kappa shape index (κ1) is 25.7. The lowest BCUT2D eigenvalue weighted by Gasteiger charge is -2.37. The highest BCUT2D eigenvalue weighted by Crippen LogP contribution is 2.65. The first-order valence-electron chi connectivity index (χ1n) is 12.7. The van der Waals surface area contributed by atoms with E-state index in [-0.39, 0.29) is 6.61 Å². The summed E-state index contributed by atoms with van der Waals surface area (Å²) in [5.41, 5.74) is -1.04. The molecule has 3 heterocycles. The number of nitrogens with zero attached hydrogens (tertiary/aromatic N) is 1. The quantitative estimate of drug-likeness (QED) is 0.508. The normalized spacial score (nSPS) is 30.8. The Labute approximate surface area is 220 Å². The molecule has 2 unspecified atom stereocenters. The number of aliphatic hydroxyl groups excluding tert-OH is 1. The van der Waals surface area contributed by atoms with Crippen molar-refractivity contribution in [1.82, 2.24) is 4.90 Å². The van der Waals surface area contributed by atoms with Crippen LogP contribution < -0.4 is 5.32 Å². The van der Waals surface area contributed by atoms with E-state index in [1.54, 1.807) is 43.3 Å². The molecule has 2 aromatic carbocycles. The predicted molar refractivity (Wildman–Crippen MR) is 137 cm³/mol. The van der Waals surface area contributed by atoms with Gasteiger partial charge < -0.3 is 24.8 Å². The summed E-state index contributed by atoms with van der Waals surface area (Å²) in [6.07, 6.45) is 1.45. The zero-order valence-electron chi connectivity index (χ0n) is 20.9. The Morgan fingerprint density at radius 1 is 1.16 bits per heavy atom. The van der Waals surface area contributed by atoms with E-state index >= 15 is 0 Å². The summed E-state index contributed by atoms with van der Waals surface area (Å²) >= 11 is 6.33. The third kappa shape index (κ3) is 3.85. The van der Waals surface area contributed by atoms with Crippen molar-refractivity contribution in [2.45, 2.75) is 56.4 Å². The number of fused-ring (bicyclic) bond motifs is 1. The van der Waals surface area contributed by atoms with Gasteiger partial charge in [-0.25, -0.2) is 0 Å². The molecule has 0 saturated carbocycles. The molecule has 3 aliphatic heterocycles. The fourth-order valence-electron chi connectivity index (χ4n) is 6.68. The van der Waals surface area contributed by atoms with Crippen molar-refractivity contribution in [1.29, 1.82) is 0 Å². The molecular weight excluding hydrogens is 496 g/mol. The number of carbonyl (C=O) groups is 3. The summed E-state index contributed by atoms with van der Waals surface area (Å²) in [6, 6.07) is 14.0. The van der Waals surface area contributed by atoms with Gasteiger partial charge in [-0.1, -0.05) is 61.0 Å². The van der Waals surface area contributed by atoms with Crippen molar-refractivity contribution in [3.8, 4) is 0 Å². The molecule has 9 heteroatoms. The lowest BCUT2D eigenvalue weighted by molar-refractivity contribution is -0.161. The first-order chi connectivity index (χ1) is 17.8. The van der Waals surface area contributed by atoms with Crippen molar-refractivity contribution in [3.05, 3.63) is 65.2 Å². The number of nitrogens with one attached hydrogen (secondary N) is 1. The summed E-state index contributed by atoms with van der Waals surface area (Å²) in [5.74, 6) is -3.10. The summed E-state index contributed by atoms with van der Waals surface area (Å²) in [4.78, 5) is 43.0. The van der Waals surface area contributed by atoms with Crippen LogP contribution in [0.1, 0.15) is 44.7 Å². The van der Waals surface area contributed by atoms with Crippen molar-refractivity contribution >= 4 is 35.1 Å². The lowest BCUT2D eigenvalue weighted by Crippen LogP contribution is -2.54. The van der Waals surface area contributed by atoms with Gasteiger partial charge in [-0.15, -0.1) is 0 Å². The number of ether oxygens (including phenoxy) is 2. The van der Waals surface area contributed by atoms with E-state index in [1.165, 1.54) is 4.90 Å². The van der Waals surface area contributed by atoms with Gasteiger partial charge in [0.1, 0.15) is 17.6 Å². The highest BCUT2D eigenvalue weighted by atomic mass is 35.5. The number of para-hydroxylation sites is 1. The lowest BCUT2D eigenvalue weighted by atomic mass is 9.65. The Kier molecular flexibility index (Phi) is 6.77. The number of anilines is 1. The summed E-state index contributed by atoms with van der Waals surface area (Å²) in [6.45, 7) is 3.41. The molecule has 6 atom stereocenters. The molecule has 37 heavy (non-hydrogen) atoms. The number of carbonyl (C=O) groups excluding carboxylic acids is 3. The van der Waals surface area contributed by atoms with Crippen LogP contribution in [0.3, 0.4) is 0 Å². The number of amides is 2. The molecule has 3 fully saturated rings. The molecule has 0 aliphatic carbocycles. The Balaban J connectivity index is 1.63. The average Bonchev–Trinajstić information content (AvgIpc) is 3.51. The maximum Gasteiger partial charge on any atom is 0.312 e. The summed E-state index contributed by atoms with van der Waals surface area (Å²) < 4.78 is 12.1. The molecule has 3 saturated heterocycles. The number of hydrogen-bond acceptors (Lipinski definition) is 6. The number of benzene rings is 2. The Morgan fingerprint density at radius 2 is 1.86 bits per heavy atom. The molecule has 8 nitrogen and oxygen atoms in total. The number of aliphatic hydroxyl groups is 1. The zero-order valence-corrected chi connectivity index (χ0v) is 21.6. The monoisotopic (exact) mass is 526 g/mol. The van der Waals surface area contributed by atoms with Crippen molar-refractivity contribution in [2.24, 2.45) is 11.8 Å². The molecule has 0 aromatic heterocycles. The SMILES string of the molecule is CCOC(=O)[C@H]1[C@H]2C(=O)N([C@H](CO)c3ccccc3)C(C(=O)Nc3ccccc3Cl)C23CC[C@]1(CC)O3. The van der Waals surface area contributed by atoms with Crippen LogP contribution in [0, 0.1) is 11.8 Å². The standard InChI is InChI=1S/C28H31ClN2O6/c1-3-27-14-15-28(37-27)21(22(27)26(35)36-4-2)25(34)31(20(16-32)17-10-6-5-7-11-17)23(28)24(33)30-19-13-9-8-12-18(19)29/h5-13,20-23,32H,3-4,14-16H2,1-2H3,(H,30,33)/t20-,21+,22-,23?,27+,28?/m1/s1. The molecule has 196 valence electrons. The van der Waals surface area contributed by atoms with Gasteiger partial charge in [-0.2, -0.15) is 0 Å². The van der Waals surface area contributed by atoms with Gasteiger partial charge in [0.15, 0.2) is 0 Å². The molecule has 0 radical (unpaired) electrons. The third-order valence-corrected chi connectivity index (χ3v) is 8.56. The van der Waals surface area contributed by atoms with E-state index < -0.39 is 59.5 Å². The second kappa shape index (κ2) is 9.74.